The molecule has 0 amide bonds. The molecule has 0 aliphatic heterocycles. The zero-order valence-electron chi connectivity index (χ0n) is 10.0. The number of likely N-dealkylation sites (N-methyl/N-ethyl adjacent to an activating group) is 2. The van der Waals surface area contributed by atoms with E-state index in [4.69, 9.17) is 0 Å². The Kier molecular flexibility index (Phi) is 4.81. The number of nitrogens with zero attached hydrogens (tertiary/aromatic N) is 1. The van der Waals surface area contributed by atoms with E-state index in [1.807, 2.05) is 18.9 Å². The van der Waals surface area contributed by atoms with Gasteiger partial charge in [-0.25, -0.2) is 0 Å². The Morgan fingerprint density at radius 3 is 2.18 bits per heavy atom. The van der Waals surface area contributed by atoms with Crippen LogP contribution in [0.4, 0.5) is 18.9 Å². The smallest absolute Gasteiger partial charge is 0.371 e. The number of nitrogens with one attached hydrogen (secondary N) is 1. The van der Waals surface area contributed by atoms with Crippen LogP contribution in [0.3, 0.4) is 0 Å². The van der Waals surface area contributed by atoms with Gasteiger partial charge < -0.3 is 10.2 Å². The molecule has 1 N–H and O–H groups in total. The van der Waals surface area contributed by atoms with E-state index in [2.05, 4.69) is 5.32 Å². The van der Waals surface area contributed by atoms with E-state index in [9.17, 15) is 13.2 Å². The molecule has 0 unspecified atom stereocenters. The minimum Gasteiger partial charge on any atom is -0.371 e. The van der Waals surface area contributed by atoms with Crippen LogP contribution in [0.5, 0.6) is 0 Å². The molecule has 5 heteroatoms. The Morgan fingerprint density at radius 2 is 1.76 bits per heavy atom. The molecule has 0 bridgehead atoms. The summed E-state index contributed by atoms with van der Waals surface area (Å²) in [5, 5.41) is 3.02. The van der Waals surface area contributed by atoms with E-state index in [1.54, 1.807) is 0 Å². The number of hydrogen-bond acceptors (Lipinski definition) is 2. The van der Waals surface area contributed by atoms with E-state index < -0.39 is 11.7 Å². The van der Waals surface area contributed by atoms with Crippen molar-refractivity contribution >= 4 is 5.69 Å². The molecule has 0 spiro atoms. The zero-order chi connectivity index (χ0) is 12.9. The fourth-order valence-corrected chi connectivity index (χ4v) is 1.58. The molecule has 96 valence electrons. The number of halogens is 3. The molecular weight excluding hydrogens is 229 g/mol. The van der Waals surface area contributed by atoms with Gasteiger partial charge in [0, 0.05) is 25.3 Å². The average Bonchev–Trinajstić information content (AvgIpc) is 2.29. The van der Waals surface area contributed by atoms with E-state index in [0.29, 0.717) is 0 Å². The minimum atomic E-state index is -4.26. The molecule has 0 heterocycles. The molecule has 0 saturated heterocycles. The van der Waals surface area contributed by atoms with Crippen LogP contribution in [-0.4, -0.2) is 26.7 Å². The van der Waals surface area contributed by atoms with Crippen molar-refractivity contribution in [2.75, 3.05) is 31.6 Å². The predicted molar refractivity (Wildman–Crippen MR) is 63.3 cm³/mol. The number of rotatable bonds is 5. The summed E-state index contributed by atoms with van der Waals surface area (Å²) in [6.45, 7) is 4.33. The van der Waals surface area contributed by atoms with Crippen molar-refractivity contribution in [2.45, 2.75) is 13.1 Å². The largest absolute Gasteiger partial charge is 0.416 e. The van der Waals surface area contributed by atoms with Gasteiger partial charge >= 0.3 is 6.18 Å². The summed E-state index contributed by atoms with van der Waals surface area (Å²) >= 11 is 0. The first-order chi connectivity index (χ1) is 7.99. The first kappa shape index (κ1) is 13.8. The maximum Gasteiger partial charge on any atom is 0.416 e. The Hall–Kier alpha value is -1.23. The SMILES string of the molecule is CCN(CCNC)c1ccc(C(F)(F)F)cc1. The lowest BCUT2D eigenvalue weighted by Gasteiger charge is -2.23. The van der Waals surface area contributed by atoms with Crippen molar-refractivity contribution < 1.29 is 13.2 Å². The second kappa shape index (κ2) is 5.91. The molecule has 0 aliphatic rings. The van der Waals surface area contributed by atoms with Crippen LogP contribution in [0.25, 0.3) is 0 Å². The molecular formula is C12H17F3N2. The van der Waals surface area contributed by atoms with Crippen molar-refractivity contribution in [3.8, 4) is 0 Å². The summed E-state index contributed by atoms with van der Waals surface area (Å²) in [5.41, 5.74) is 0.210. The van der Waals surface area contributed by atoms with Crippen LogP contribution in [0, 0.1) is 0 Å². The number of alkyl halides is 3. The highest BCUT2D eigenvalue weighted by Crippen LogP contribution is 2.30. The second-order valence-corrected chi connectivity index (χ2v) is 3.73. The monoisotopic (exact) mass is 246 g/mol. The first-order valence-electron chi connectivity index (χ1n) is 5.56. The highest BCUT2D eigenvalue weighted by atomic mass is 19.4. The lowest BCUT2D eigenvalue weighted by molar-refractivity contribution is -0.137. The van der Waals surface area contributed by atoms with Crippen molar-refractivity contribution in [2.24, 2.45) is 0 Å². The molecule has 0 radical (unpaired) electrons. The Labute approximate surface area is 99.4 Å². The van der Waals surface area contributed by atoms with E-state index in [0.717, 1.165) is 37.5 Å². The molecule has 1 aromatic carbocycles. The van der Waals surface area contributed by atoms with Crippen LogP contribution >= 0.6 is 0 Å². The van der Waals surface area contributed by atoms with Crippen LogP contribution in [0.15, 0.2) is 24.3 Å². The van der Waals surface area contributed by atoms with Crippen molar-refractivity contribution in [1.82, 2.24) is 5.32 Å². The molecule has 2 nitrogen and oxygen atoms in total. The predicted octanol–water partition coefficient (Wildman–Crippen LogP) is 2.75. The molecule has 0 saturated carbocycles. The van der Waals surface area contributed by atoms with Crippen molar-refractivity contribution in [1.29, 1.82) is 0 Å². The van der Waals surface area contributed by atoms with Crippen LogP contribution in [0.2, 0.25) is 0 Å². The van der Waals surface area contributed by atoms with E-state index >= 15 is 0 Å². The normalized spacial score (nSPS) is 11.6. The summed E-state index contributed by atoms with van der Waals surface area (Å²) in [6, 6.07) is 5.28. The fraction of sp³-hybridized carbons (Fsp3) is 0.500. The van der Waals surface area contributed by atoms with Crippen LogP contribution in [-0.2, 0) is 6.18 Å². The highest BCUT2D eigenvalue weighted by molar-refractivity contribution is 5.47. The Balaban J connectivity index is 2.78. The van der Waals surface area contributed by atoms with Gasteiger partial charge in [-0.2, -0.15) is 13.2 Å². The minimum absolute atomic E-state index is 0.606. The van der Waals surface area contributed by atoms with Gasteiger partial charge in [0.2, 0.25) is 0 Å². The quantitative estimate of drug-likeness (QED) is 0.859. The molecule has 0 fully saturated rings. The second-order valence-electron chi connectivity index (χ2n) is 3.73. The average molecular weight is 246 g/mol. The van der Waals surface area contributed by atoms with E-state index in [-0.39, 0.29) is 0 Å². The Bertz CT molecular complexity index is 333. The third-order valence-corrected chi connectivity index (χ3v) is 2.57. The maximum absolute atomic E-state index is 12.4. The topological polar surface area (TPSA) is 15.3 Å². The first-order valence-corrected chi connectivity index (χ1v) is 5.56. The van der Waals surface area contributed by atoms with Gasteiger partial charge in [-0.15, -0.1) is 0 Å². The van der Waals surface area contributed by atoms with Crippen molar-refractivity contribution in [3.05, 3.63) is 29.8 Å². The maximum atomic E-state index is 12.4. The molecule has 0 atom stereocenters. The molecule has 17 heavy (non-hydrogen) atoms. The number of anilines is 1. The van der Waals surface area contributed by atoms with Crippen LogP contribution in [0.1, 0.15) is 12.5 Å². The lowest BCUT2D eigenvalue weighted by atomic mass is 10.2. The van der Waals surface area contributed by atoms with Gasteiger partial charge in [0.25, 0.3) is 0 Å². The van der Waals surface area contributed by atoms with E-state index in [1.165, 1.54) is 12.1 Å². The molecule has 1 rings (SSSR count). The molecule has 0 aliphatic carbocycles. The third-order valence-electron chi connectivity index (χ3n) is 2.57. The summed E-state index contributed by atoms with van der Waals surface area (Å²) in [5.74, 6) is 0. The highest BCUT2D eigenvalue weighted by Gasteiger charge is 2.30. The third kappa shape index (κ3) is 3.93. The van der Waals surface area contributed by atoms with Crippen molar-refractivity contribution in [3.63, 3.8) is 0 Å². The summed E-state index contributed by atoms with van der Waals surface area (Å²) < 4.78 is 37.1. The van der Waals surface area contributed by atoms with Crippen LogP contribution < -0.4 is 10.2 Å². The van der Waals surface area contributed by atoms with Gasteiger partial charge in [0.1, 0.15) is 0 Å². The molecule has 1 aromatic rings. The standard InChI is InChI=1S/C12H17F3N2/c1-3-17(9-8-16-2)11-6-4-10(5-7-11)12(13,14)15/h4-7,16H,3,8-9H2,1-2H3. The Morgan fingerprint density at radius 1 is 1.18 bits per heavy atom. The molecule has 0 aromatic heterocycles. The zero-order valence-corrected chi connectivity index (χ0v) is 10.0. The summed E-state index contributed by atoms with van der Waals surface area (Å²) in [7, 11) is 1.85. The number of benzene rings is 1. The van der Waals surface area contributed by atoms with Gasteiger partial charge in [-0.1, -0.05) is 0 Å². The van der Waals surface area contributed by atoms with Gasteiger partial charge in [-0.3, -0.25) is 0 Å². The van der Waals surface area contributed by atoms with Gasteiger partial charge in [-0.05, 0) is 38.2 Å². The van der Waals surface area contributed by atoms with Gasteiger partial charge in [0.15, 0.2) is 0 Å². The summed E-state index contributed by atoms with van der Waals surface area (Å²) in [4.78, 5) is 2.02. The lowest BCUT2D eigenvalue weighted by Crippen LogP contribution is -2.30. The number of hydrogen-bond donors (Lipinski definition) is 1. The van der Waals surface area contributed by atoms with Gasteiger partial charge in [0.05, 0.1) is 5.56 Å². The summed E-state index contributed by atoms with van der Waals surface area (Å²) in [6.07, 6.45) is -4.26. The fourth-order valence-electron chi connectivity index (χ4n) is 1.58.